The smallest absolute Gasteiger partial charge is 0.163 e. The number of rotatable bonds is 3. The van der Waals surface area contributed by atoms with Crippen LogP contribution in [0.3, 0.4) is 0 Å². The molecule has 0 radical (unpaired) electrons. The third-order valence-electron chi connectivity index (χ3n) is 3.40. The van der Waals surface area contributed by atoms with Crippen LogP contribution in [0.4, 0.5) is 4.39 Å². The van der Waals surface area contributed by atoms with Crippen LogP contribution in [0.2, 0.25) is 0 Å². The fourth-order valence-electron chi connectivity index (χ4n) is 2.17. The predicted octanol–water partition coefficient (Wildman–Crippen LogP) is 4.45. The van der Waals surface area contributed by atoms with E-state index in [2.05, 4.69) is 22.9 Å². The first kappa shape index (κ1) is 13.5. The number of hydrogen-bond acceptors (Lipinski definition) is 1. The maximum atomic E-state index is 13.6. The number of carbonyl (C=O) groups excluding carboxylic acids is 1. The fourth-order valence-corrected chi connectivity index (χ4v) is 2.50. The Morgan fingerprint density at radius 1 is 1.50 bits per heavy atom. The highest BCUT2D eigenvalue weighted by atomic mass is 79.9. The number of ketones is 1. The predicted molar refractivity (Wildman–Crippen MR) is 73.9 cm³/mol. The van der Waals surface area contributed by atoms with E-state index >= 15 is 0 Å². The van der Waals surface area contributed by atoms with Crippen molar-refractivity contribution in [2.45, 2.75) is 32.6 Å². The molecule has 1 aliphatic carbocycles. The van der Waals surface area contributed by atoms with Crippen LogP contribution in [0.5, 0.6) is 0 Å². The minimum atomic E-state index is -0.317. The van der Waals surface area contributed by atoms with Gasteiger partial charge >= 0.3 is 0 Å². The second-order valence-electron chi connectivity index (χ2n) is 4.94. The van der Waals surface area contributed by atoms with Gasteiger partial charge in [0, 0.05) is 10.9 Å². The van der Waals surface area contributed by atoms with E-state index in [0.29, 0.717) is 16.0 Å². The zero-order valence-corrected chi connectivity index (χ0v) is 12.0. The molecule has 1 aliphatic rings. The molecule has 1 nitrogen and oxygen atoms in total. The van der Waals surface area contributed by atoms with Gasteiger partial charge in [0.25, 0.3) is 0 Å². The van der Waals surface area contributed by atoms with E-state index in [9.17, 15) is 9.18 Å². The Morgan fingerprint density at radius 3 is 2.89 bits per heavy atom. The maximum Gasteiger partial charge on any atom is 0.163 e. The molecule has 96 valence electrons. The summed E-state index contributed by atoms with van der Waals surface area (Å²) in [7, 11) is 0. The van der Waals surface area contributed by atoms with Crippen LogP contribution < -0.4 is 0 Å². The average molecular weight is 311 g/mol. The van der Waals surface area contributed by atoms with Crippen molar-refractivity contribution in [3.63, 3.8) is 0 Å². The normalized spacial score (nSPS) is 19.5. The summed E-state index contributed by atoms with van der Waals surface area (Å²) in [5.74, 6) is 0.400. The van der Waals surface area contributed by atoms with Crippen molar-refractivity contribution in [2.24, 2.45) is 5.92 Å². The van der Waals surface area contributed by atoms with Gasteiger partial charge in [0.1, 0.15) is 5.82 Å². The second kappa shape index (κ2) is 5.79. The fraction of sp³-hybridized carbons (Fsp3) is 0.400. The molecule has 1 aromatic carbocycles. The SMILES string of the molecule is CC1CC=C(C(=O)Cc2ccc(Br)cc2F)CC1. The molecule has 1 unspecified atom stereocenters. The highest BCUT2D eigenvalue weighted by molar-refractivity contribution is 9.10. The van der Waals surface area contributed by atoms with Gasteiger partial charge < -0.3 is 0 Å². The third kappa shape index (κ3) is 3.29. The number of halogens is 2. The molecule has 18 heavy (non-hydrogen) atoms. The van der Waals surface area contributed by atoms with E-state index in [1.54, 1.807) is 12.1 Å². The van der Waals surface area contributed by atoms with Crippen LogP contribution in [0.25, 0.3) is 0 Å². The van der Waals surface area contributed by atoms with Gasteiger partial charge in [-0.1, -0.05) is 35.0 Å². The molecular formula is C15H16BrFO. The lowest BCUT2D eigenvalue weighted by Gasteiger charge is -2.17. The minimum absolute atomic E-state index is 0.0584. The van der Waals surface area contributed by atoms with Crippen molar-refractivity contribution in [2.75, 3.05) is 0 Å². The lowest BCUT2D eigenvalue weighted by molar-refractivity contribution is -0.115. The Hall–Kier alpha value is -0.960. The monoisotopic (exact) mass is 310 g/mol. The topological polar surface area (TPSA) is 17.1 Å². The van der Waals surface area contributed by atoms with Crippen LogP contribution >= 0.6 is 15.9 Å². The molecular weight excluding hydrogens is 295 g/mol. The second-order valence-corrected chi connectivity index (χ2v) is 5.86. The molecule has 0 saturated carbocycles. The van der Waals surface area contributed by atoms with Gasteiger partial charge in [0.15, 0.2) is 5.78 Å². The van der Waals surface area contributed by atoms with Crippen molar-refractivity contribution >= 4 is 21.7 Å². The summed E-state index contributed by atoms with van der Waals surface area (Å²) in [5, 5.41) is 0. The van der Waals surface area contributed by atoms with Crippen LogP contribution in [0, 0.1) is 11.7 Å². The first-order chi connectivity index (χ1) is 8.56. The number of carbonyl (C=O) groups is 1. The number of hydrogen-bond donors (Lipinski definition) is 0. The number of benzene rings is 1. The molecule has 0 spiro atoms. The van der Waals surface area contributed by atoms with E-state index in [0.717, 1.165) is 24.8 Å². The lowest BCUT2D eigenvalue weighted by Crippen LogP contribution is -2.12. The van der Waals surface area contributed by atoms with Crippen LogP contribution in [-0.4, -0.2) is 5.78 Å². The molecule has 2 rings (SSSR count). The van der Waals surface area contributed by atoms with E-state index in [4.69, 9.17) is 0 Å². The molecule has 3 heteroatoms. The Balaban J connectivity index is 2.07. The summed E-state index contributed by atoms with van der Waals surface area (Å²) >= 11 is 3.21. The van der Waals surface area contributed by atoms with Gasteiger partial charge in [-0.15, -0.1) is 0 Å². The van der Waals surface area contributed by atoms with Crippen LogP contribution in [-0.2, 0) is 11.2 Å². The van der Waals surface area contributed by atoms with Crippen molar-refractivity contribution in [1.29, 1.82) is 0 Å². The van der Waals surface area contributed by atoms with Crippen molar-refractivity contribution < 1.29 is 9.18 Å². The molecule has 1 aromatic rings. The van der Waals surface area contributed by atoms with Gasteiger partial charge in [0.05, 0.1) is 0 Å². The average Bonchev–Trinajstić information content (AvgIpc) is 2.33. The van der Waals surface area contributed by atoms with Crippen LogP contribution in [0.1, 0.15) is 31.7 Å². The van der Waals surface area contributed by atoms with Crippen molar-refractivity contribution in [1.82, 2.24) is 0 Å². The van der Waals surface area contributed by atoms with Crippen molar-refractivity contribution in [3.05, 3.63) is 45.7 Å². The Bertz CT molecular complexity index is 493. The molecule has 0 heterocycles. The highest BCUT2D eigenvalue weighted by Gasteiger charge is 2.17. The van der Waals surface area contributed by atoms with E-state index in [-0.39, 0.29) is 18.0 Å². The summed E-state index contributed by atoms with van der Waals surface area (Å²) in [6.07, 6.45) is 5.04. The molecule has 0 aromatic heterocycles. The largest absolute Gasteiger partial charge is 0.294 e. The standard InChI is InChI=1S/C15H16BrFO/c1-10-2-4-11(5-3-10)15(18)8-12-6-7-13(16)9-14(12)17/h4,6-7,9-10H,2-3,5,8H2,1H3. The Kier molecular flexibility index (Phi) is 4.33. The maximum absolute atomic E-state index is 13.6. The lowest BCUT2D eigenvalue weighted by atomic mass is 9.88. The quantitative estimate of drug-likeness (QED) is 0.806. The summed E-state index contributed by atoms with van der Waals surface area (Å²) in [5.41, 5.74) is 1.35. The minimum Gasteiger partial charge on any atom is -0.294 e. The summed E-state index contributed by atoms with van der Waals surface area (Å²) in [6, 6.07) is 4.84. The number of allylic oxidation sites excluding steroid dienone is 2. The molecule has 1 atom stereocenters. The molecule has 0 N–H and O–H groups in total. The molecule has 0 amide bonds. The van der Waals surface area contributed by atoms with Gasteiger partial charge in [0.2, 0.25) is 0 Å². The molecule has 0 saturated heterocycles. The number of Topliss-reactive ketones (excluding diaryl/α,β-unsaturated/α-hetero) is 1. The van der Waals surface area contributed by atoms with E-state index in [1.165, 1.54) is 6.07 Å². The molecule has 0 aliphatic heterocycles. The summed E-state index contributed by atoms with van der Waals surface area (Å²) < 4.78 is 14.3. The van der Waals surface area contributed by atoms with Crippen LogP contribution in [0.15, 0.2) is 34.3 Å². The Labute approximate surface area is 115 Å². The summed E-state index contributed by atoms with van der Waals surface area (Å²) in [6.45, 7) is 2.19. The zero-order valence-electron chi connectivity index (χ0n) is 10.4. The van der Waals surface area contributed by atoms with Gasteiger partial charge in [-0.05, 0) is 48.4 Å². The zero-order chi connectivity index (χ0) is 13.1. The first-order valence-corrected chi connectivity index (χ1v) is 7.01. The molecule has 0 bridgehead atoms. The molecule has 0 fully saturated rings. The third-order valence-corrected chi connectivity index (χ3v) is 3.89. The highest BCUT2D eigenvalue weighted by Crippen LogP contribution is 2.25. The van der Waals surface area contributed by atoms with Gasteiger partial charge in [-0.2, -0.15) is 0 Å². The van der Waals surface area contributed by atoms with E-state index in [1.807, 2.05) is 6.08 Å². The summed E-state index contributed by atoms with van der Waals surface area (Å²) in [4.78, 5) is 12.1. The first-order valence-electron chi connectivity index (χ1n) is 6.22. The Morgan fingerprint density at radius 2 is 2.28 bits per heavy atom. The van der Waals surface area contributed by atoms with E-state index < -0.39 is 0 Å². The van der Waals surface area contributed by atoms with Gasteiger partial charge in [-0.3, -0.25) is 4.79 Å². The van der Waals surface area contributed by atoms with Gasteiger partial charge in [-0.25, -0.2) is 4.39 Å². The van der Waals surface area contributed by atoms with Crippen molar-refractivity contribution in [3.8, 4) is 0 Å².